The maximum absolute atomic E-state index is 8.24. The van der Waals surface area contributed by atoms with Gasteiger partial charge in [0, 0.05) is 50.4 Å². The lowest BCUT2D eigenvalue weighted by atomic mass is 10.1. The number of aromatic amines is 1. The van der Waals surface area contributed by atoms with Gasteiger partial charge in [0.15, 0.2) is 23.3 Å². The average molecular weight is 517 g/mol. The van der Waals surface area contributed by atoms with Crippen LogP contribution in [0.15, 0.2) is 128 Å². The molecular weight excluding hydrogens is 496 g/mol. The first-order valence-electron chi connectivity index (χ1n) is 12.9. The zero-order valence-corrected chi connectivity index (χ0v) is 21.1. The zero-order chi connectivity index (χ0) is 26.6. The lowest BCUT2D eigenvalue weighted by Gasteiger charge is -2.02. The minimum Gasteiger partial charge on any atom is -0.345 e. The summed E-state index contributed by atoms with van der Waals surface area (Å²) in [6, 6.07) is 31.7. The number of aromatic nitrogens is 1. The van der Waals surface area contributed by atoms with Crippen LogP contribution in [-0.2, 0) is 0 Å². The number of H-pyrrole nitrogens is 1. The van der Waals surface area contributed by atoms with Crippen LogP contribution in [0.5, 0.6) is 0 Å². The van der Waals surface area contributed by atoms with E-state index < -0.39 is 0 Å². The topological polar surface area (TPSA) is 113 Å². The number of aliphatic imine (C=N–C) groups is 5. The van der Waals surface area contributed by atoms with Crippen LogP contribution in [0.25, 0.3) is 10.8 Å². The van der Waals surface area contributed by atoms with Crippen molar-refractivity contribution < 1.29 is 0 Å². The second kappa shape index (κ2) is 8.64. The van der Waals surface area contributed by atoms with E-state index >= 15 is 0 Å². The molecule has 0 saturated carbocycles. The molecule has 0 amide bonds. The van der Waals surface area contributed by atoms with Crippen molar-refractivity contribution in [3.05, 3.63) is 137 Å². The van der Waals surface area contributed by atoms with Gasteiger partial charge in [-0.05, 0) is 0 Å². The normalized spacial score (nSPS) is 18.2. The largest absolute Gasteiger partial charge is 0.345 e. The van der Waals surface area contributed by atoms with Crippen LogP contribution < -0.4 is 5.32 Å². The van der Waals surface area contributed by atoms with E-state index in [1.165, 1.54) is 0 Å². The first-order valence-corrected chi connectivity index (χ1v) is 12.9. The molecule has 40 heavy (non-hydrogen) atoms. The fourth-order valence-corrected chi connectivity index (χ4v) is 5.25. The molecule has 8 heteroatoms. The number of rotatable bonds is 1. The van der Waals surface area contributed by atoms with Crippen LogP contribution in [0, 0.1) is 5.41 Å². The van der Waals surface area contributed by atoms with Crippen molar-refractivity contribution in [1.29, 1.82) is 5.41 Å². The lowest BCUT2D eigenvalue weighted by molar-refractivity contribution is 1.34. The van der Waals surface area contributed by atoms with Crippen molar-refractivity contribution in [2.45, 2.75) is 0 Å². The van der Waals surface area contributed by atoms with Crippen LogP contribution in [0.4, 0.5) is 5.82 Å². The summed E-state index contributed by atoms with van der Waals surface area (Å²) in [6.45, 7) is 0. The number of hydrogen-bond donors (Lipinski definition) is 3. The van der Waals surface area contributed by atoms with Gasteiger partial charge in [0.05, 0.1) is 0 Å². The molecule has 1 aromatic heterocycles. The van der Waals surface area contributed by atoms with E-state index in [0.29, 0.717) is 29.2 Å². The fourth-order valence-electron chi connectivity index (χ4n) is 5.25. The number of hydrogen-bond acceptors (Lipinski definition) is 4. The van der Waals surface area contributed by atoms with Gasteiger partial charge in [-0.2, -0.15) is 0 Å². The van der Waals surface area contributed by atoms with Gasteiger partial charge in [-0.25, -0.2) is 25.0 Å². The van der Waals surface area contributed by atoms with E-state index in [-0.39, 0.29) is 5.84 Å². The van der Waals surface area contributed by atoms with E-state index in [1.807, 2.05) is 97.2 Å². The molecule has 188 valence electrons. The molecule has 5 aromatic rings. The first kappa shape index (κ1) is 22.2. The van der Waals surface area contributed by atoms with E-state index in [2.05, 4.69) is 21.4 Å². The van der Waals surface area contributed by atoms with Crippen molar-refractivity contribution in [2.24, 2.45) is 25.0 Å². The second-order valence-corrected chi connectivity index (χ2v) is 9.56. The highest BCUT2D eigenvalue weighted by atomic mass is 15.1. The Morgan fingerprint density at radius 1 is 0.550 bits per heavy atom. The molecule has 0 atom stereocenters. The van der Waals surface area contributed by atoms with E-state index in [4.69, 9.17) is 25.4 Å². The zero-order valence-electron chi connectivity index (χ0n) is 21.1. The number of fused-ring (bicyclic) bond motifs is 4. The number of amidine groups is 6. The molecule has 0 bridgehead atoms. The van der Waals surface area contributed by atoms with Gasteiger partial charge < -0.3 is 10.3 Å². The van der Waals surface area contributed by atoms with E-state index in [9.17, 15) is 0 Å². The van der Waals surface area contributed by atoms with Gasteiger partial charge >= 0.3 is 0 Å². The first-order chi connectivity index (χ1) is 19.7. The van der Waals surface area contributed by atoms with Gasteiger partial charge in [0.1, 0.15) is 17.5 Å². The van der Waals surface area contributed by atoms with Crippen molar-refractivity contribution >= 4 is 51.6 Å². The molecular formula is C32H20N8. The Kier molecular flexibility index (Phi) is 4.80. The van der Waals surface area contributed by atoms with Crippen LogP contribution in [0.2, 0.25) is 0 Å². The Morgan fingerprint density at radius 3 is 1.82 bits per heavy atom. The predicted molar refractivity (Wildman–Crippen MR) is 160 cm³/mol. The molecule has 0 unspecified atom stereocenters. The molecule has 3 aliphatic rings. The maximum Gasteiger partial charge on any atom is 0.164 e. The quantitative estimate of drug-likeness (QED) is 0.265. The van der Waals surface area contributed by atoms with Crippen LogP contribution in [0.3, 0.4) is 0 Å². The second-order valence-electron chi connectivity index (χ2n) is 9.56. The minimum absolute atomic E-state index is 0.216. The highest BCUT2D eigenvalue weighted by Gasteiger charge is 2.28. The summed E-state index contributed by atoms with van der Waals surface area (Å²) in [5, 5.41) is 13.8. The molecule has 0 spiro atoms. The van der Waals surface area contributed by atoms with Crippen molar-refractivity contribution in [2.75, 3.05) is 0 Å². The molecule has 0 radical (unpaired) electrons. The fraction of sp³-hybridized carbons (Fsp3) is 0. The summed E-state index contributed by atoms with van der Waals surface area (Å²) < 4.78 is 0. The van der Waals surface area contributed by atoms with Gasteiger partial charge in [-0.1, -0.05) is 97.1 Å². The van der Waals surface area contributed by atoms with E-state index in [1.54, 1.807) is 0 Å². The molecule has 3 aliphatic heterocycles. The summed E-state index contributed by atoms with van der Waals surface area (Å²) in [5.74, 6) is 3.96. The Hall–Kier alpha value is -5.76. The third kappa shape index (κ3) is 3.47. The SMILES string of the molecule is N=C1N=C(N=C2NC(=NC3=N/C(=N\c4[nH]cc5ccccc45)c4ccccc43)c3ccccc32)c2ccccc21. The molecule has 8 rings (SSSR count). The van der Waals surface area contributed by atoms with Crippen molar-refractivity contribution in [3.8, 4) is 0 Å². The predicted octanol–water partition coefficient (Wildman–Crippen LogP) is 5.59. The highest BCUT2D eigenvalue weighted by molar-refractivity contribution is 6.33. The summed E-state index contributed by atoms with van der Waals surface area (Å²) in [6.07, 6.45) is 1.95. The molecule has 0 aliphatic carbocycles. The molecule has 3 N–H and O–H groups in total. The molecule has 4 heterocycles. The molecule has 8 nitrogen and oxygen atoms in total. The molecule has 0 fully saturated rings. The summed E-state index contributed by atoms with van der Waals surface area (Å²) in [7, 11) is 0. The van der Waals surface area contributed by atoms with Crippen LogP contribution in [-0.4, -0.2) is 40.0 Å². The van der Waals surface area contributed by atoms with Crippen LogP contribution in [0.1, 0.15) is 33.4 Å². The van der Waals surface area contributed by atoms with Gasteiger partial charge in [-0.15, -0.1) is 0 Å². The summed E-state index contributed by atoms with van der Waals surface area (Å²) in [5.41, 5.74) is 5.30. The van der Waals surface area contributed by atoms with Gasteiger partial charge in [0.2, 0.25) is 0 Å². The Bertz CT molecular complexity index is 2050. The third-order valence-electron chi connectivity index (χ3n) is 7.17. The standard InChI is InChI=1S/C32H20N8/c33-26-20-11-3-4-12-21(20)28(35-26)37-30-24-15-7-8-16-25(24)32(39-30)40-31-23-14-6-5-13-22(23)29(38-31)36-27-19-10-2-1-9-18(19)17-34-27/h1-17,34H,(H2,33,35,36,37,38,39,40). The lowest BCUT2D eigenvalue weighted by Crippen LogP contribution is -2.24. The van der Waals surface area contributed by atoms with Gasteiger partial charge in [0.25, 0.3) is 0 Å². The Labute approximate surface area is 228 Å². The van der Waals surface area contributed by atoms with E-state index in [0.717, 1.165) is 50.0 Å². The smallest absolute Gasteiger partial charge is 0.164 e. The highest BCUT2D eigenvalue weighted by Crippen LogP contribution is 2.29. The Balaban J connectivity index is 1.21. The number of nitrogens with one attached hydrogen (secondary N) is 3. The van der Waals surface area contributed by atoms with Gasteiger partial charge in [-0.3, -0.25) is 5.41 Å². The van der Waals surface area contributed by atoms with Crippen molar-refractivity contribution in [1.82, 2.24) is 10.3 Å². The number of benzene rings is 4. The maximum atomic E-state index is 8.24. The summed E-state index contributed by atoms with van der Waals surface area (Å²) >= 11 is 0. The Morgan fingerprint density at radius 2 is 1.10 bits per heavy atom. The molecule has 0 saturated heterocycles. The molecule has 4 aromatic carbocycles. The average Bonchev–Trinajstić information content (AvgIpc) is 3.74. The number of nitrogens with zero attached hydrogens (tertiary/aromatic N) is 5. The third-order valence-corrected chi connectivity index (χ3v) is 7.17. The van der Waals surface area contributed by atoms with Crippen molar-refractivity contribution in [3.63, 3.8) is 0 Å². The monoisotopic (exact) mass is 516 g/mol. The van der Waals surface area contributed by atoms with Crippen LogP contribution >= 0.6 is 0 Å². The minimum atomic E-state index is 0.216. The summed E-state index contributed by atoms with van der Waals surface area (Å²) in [4.78, 5) is 27.3.